The third kappa shape index (κ3) is 4.45. The largest absolute Gasteiger partial charge is 0.381 e. The highest BCUT2D eigenvalue weighted by Crippen LogP contribution is 2.22. The minimum absolute atomic E-state index is 0.0669. The molecule has 1 atom stereocenters. The molecule has 6 nitrogen and oxygen atoms in total. The van der Waals surface area contributed by atoms with E-state index in [0.29, 0.717) is 17.5 Å². The molecule has 148 valence electrons. The summed E-state index contributed by atoms with van der Waals surface area (Å²) in [5, 5.41) is 4.83. The van der Waals surface area contributed by atoms with Crippen LogP contribution in [0.1, 0.15) is 31.6 Å². The van der Waals surface area contributed by atoms with Crippen molar-refractivity contribution in [3.8, 4) is 5.69 Å². The Bertz CT molecular complexity index is 808. The van der Waals surface area contributed by atoms with Crippen LogP contribution >= 0.6 is 12.2 Å². The molecule has 8 heteroatoms. The molecule has 0 N–H and O–H groups in total. The quantitative estimate of drug-likeness (QED) is 0.705. The van der Waals surface area contributed by atoms with Gasteiger partial charge in [-0.2, -0.15) is 5.10 Å². The van der Waals surface area contributed by atoms with Gasteiger partial charge in [-0.25, -0.2) is 9.07 Å². The Labute approximate surface area is 165 Å². The van der Waals surface area contributed by atoms with Crippen LogP contribution in [0, 0.1) is 10.6 Å². The van der Waals surface area contributed by atoms with Gasteiger partial charge in [0.2, 0.25) is 4.77 Å². The maximum absolute atomic E-state index is 13.4. The van der Waals surface area contributed by atoms with Gasteiger partial charge in [0.25, 0.3) is 0 Å². The summed E-state index contributed by atoms with van der Waals surface area (Å²) in [5.41, 5.74) is 0.828. The number of ether oxygens (including phenoxy) is 1. The molecule has 0 bridgehead atoms. The Morgan fingerprint density at radius 1 is 1.26 bits per heavy atom. The smallest absolute Gasteiger partial charge is 0.203 e. The highest BCUT2D eigenvalue weighted by atomic mass is 32.1. The molecule has 1 aliphatic rings. The van der Waals surface area contributed by atoms with E-state index in [2.05, 4.69) is 16.7 Å². The number of nitrogens with zero attached hydrogens (tertiary/aromatic N) is 5. The van der Waals surface area contributed by atoms with Crippen LogP contribution in [0.4, 0.5) is 4.39 Å². The highest BCUT2D eigenvalue weighted by molar-refractivity contribution is 7.71. The topological polar surface area (TPSA) is 38.5 Å². The molecule has 2 heterocycles. The van der Waals surface area contributed by atoms with Crippen LogP contribution in [-0.4, -0.2) is 64.5 Å². The van der Waals surface area contributed by atoms with Crippen molar-refractivity contribution < 1.29 is 9.13 Å². The van der Waals surface area contributed by atoms with Crippen LogP contribution in [0.25, 0.3) is 5.69 Å². The average Bonchev–Trinajstić information content (AvgIpc) is 2.98. The number of methoxy groups -OCH3 is 1. The van der Waals surface area contributed by atoms with E-state index in [1.54, 1.807) is 19.2 Å². The molecule has 27 heavy (non-hydrogen) atoms. The number of rotatable bonds is 6. The van der Waals surface area contributed by atoms with Gasteiger partial charge in [0.05, 0.1) is 18.8 Å². The maximum atomic E-state index is 13.4. The zero-order valence-corrected chi connectivity index (χ0v) is 17.2. The first kappa shape index (κ1) is 20.1. The number of benzene rings is 1. The molecule has 1 aliphatic heterocycles. The Morgan fingerprint density at radius 2 is 1.89 bits per heavy atom. The van der Waals surface area contributed by atoms with Gasteiger partial charge in [-0.15, -0.1) is 0 Å². The van der Waals surface area contributed by atoms with E-state index in [9.17, 15) is 4.39 Å². The highest BCUT2D eigenvalue weighted by Gasteiger charge is 2.23. The molecule has 1 unspecified atom stereocenters. The summed E-state index contributed by atoms with van der Waals surface area (Å²) < 4.78 is 23.3. The van der Waals surface area contributed by atoms with E-state index in [-0.39, 0.29) is 11.9 Å². The molecule has 0 saturated carbocycles. The summed E-state index contributed by atoms with van der Waals surface area (Å²) in [5.74, 6) is 0.587. The van der Waals surface area contributed by atoms with Gasteiger partial charge < -0.3 is 4.74 Å². The fraction of sp³-hybridized carbons (Fsp3) is 0.579. The van der Waals surface area contributed by atoms with Gasteiger partial charge >= 0.3 is 0 Å². The average molecular weight is 394 g/mol. The summed E-state index contributed by atoms with van der Waals surface area (Å²) in [6, 6.07) is 6.46. The minimum atomic E-state index is -0.263. The third-order valence-corrected chi connectivity index (χ3v) is 5.69. The van der Waals surface area contributed by atoms with Crippen molar-refractivity contribution in [3.05, 3.63) is 40.7 Å². The zero-order chi connectivity index (χ0) is 19.6. The number of halogens is 1. The van der Waals surface area contributed by atoms with Crippen LogP contribution in [0.3, 0.4) is 0 Å². The van der Waals surface area contributed by atoms with E-state index in [1.165, 1.54) is 12.1 Å². The summed E-state index contributed by atoms with van der Waals surface area (Å²) in [6.45, 7) is 4.66. The van der Waals surface area contributed by atoms with Crippen LogP contribution in [0.2, 0.25) is 0 Å². The van der Waals surface area contributed by atoms with E-state index >= 15 is 0 Å². The predicted molar refractivity (Wildman–Crippen MR) is 106 cm³/mol. The third-order valence-electron chi connectivity index (χ3n) is 5.30. The minimum Gasteiger partial charge on any atom is -0.381 e. The Kier molecular flexibility index (Phi) is 6.41. The first-order valence-corrected chi connectivity index (χ1v) is 9.68. The summed E-state index contributed by atoms with van der Waals surface area (Å²) >= 11 is 5.75. The number of likely N-dealkylation sites (tertiary alicyclic amines) is 1. The SMILES string of the molecule is COC1CCN(Cn2nc(C(C)N(C)C)n(-c3ccc(F)cc3)c2=S)CC1. The second kappa shape index (κ2) is 8.60. The maximum Gasteiger partial charge on any atom is 0.203 e. The molecular formula is C19H28FN5OS. The Hall–Kier alpha value is -1.61. The monoisotopic (exact) mass is 393 g/mol. The van der Waals surface area contributed by atoms with Crippen molar-refractivity contribution in [2.24, 2.45) is 0 Å². The van der Waals surface area contributed by atoms with E-state index < -0.39 is 0 Å². The standard InChI is InChI=1S/C19H28FN5OS/c1-14(22(2)3)18-21-24(13-23-11-9-17(26-4)10-12-23)19(27)25(18)16-7-5-15(20)6-8-16/h5-8,14,17H,9-13H2,1-4H3. The van der Waals surface area contributed by atoms with Crippen molar-refractivity contribution in [1.29, 1.82) is 0 Å². The fourth-order valence-electron chi connectivity index (χ4n) is 3.33. The normalized spacial score (nSPS) is 17.6. The fourth-order valence-corrected chi connectivity index (χ4v) is 3.62. The molecule has 1 saturated heterocycles. The van der Waals surface area contributed by atoms with Gasteiger partial charge in [-0.1, -0.05) is 0 Å². The van der Waals surface area contributed by atoms with Gasteiger partial charge in [0, 0.05) is 25.9 Å². The van der Waals surface area contributed by atoms with Gasteiger partial charge in [-0.05, 0) is 70.3 Å². The van der Waals surface area contributed by atoms with Gasteiger partial charge in [-0.3, -0.25) is 14.4 Å². The molecule has 2 aromatic rings. The first-order chi connectivity index (χ1) is 12.9. The second-order valence-electron chi connectivity index (χ2n) is 7.29. The van der Waals surface area contributed by atoms with E-state index in [1.807, 2.05) is 23.3 Å². The van der Waals surface area contributed by atoms with Gasteiger partial charge in [0.1, 0.15) is 5.82 Å². The lowest BCUT2D eigenvalue weighted by molar-refractivity contribution is 0.0300. The van der Waals surface area contributed by atoms with Crippen molar-refractivity contribution in [2.45, 2.75) is 38.6 Å². The molecule has 1 aromatic carbocycles. The van der Waals surface area contributed by atoms with Crippen LogP contribution in [-0.2, 0) is 11.4 Å². The summed E-state index contributed by atoms with van der Waals surface area (Å²) in [4.78, 5) is 4.43. The van der Waals surface area contributed by atoms with Crippen LogP contribution in [0.15, 0.2) is 24.3 Å². The molecule has 0 aliphatic carbocycles. The molecule has 1 fully saturated rings. The lowest BCUT2D eigenvalue weighted by Crippen LogP contribution is -2.38. The second-order valence-corrected chi connectivity index (χ2v) is 7.65. The summed E-state index contributed by atoms with van der Waals surface area (Å²) in [6.07, 6.45) is 2.38. The van der Waals surface area contributed by atoms with E-state index in [4.69, 9.17) is 22.1 Å². The Morgan fingerprint density at radius 3 is 2.44 bits per heavy atom. The van der Waals surface area contributed by atoms with E-state index in [0.717, 1.165) is 37.4 Å². The first-order valence-electron chi connectivity index (χ1n) is 9.28. The van der Waals surface area contributed by atoms with Gasteiger partial charge in [0.15, 0.2) is 5.82 Å². The molecule has 1 aromatic heterocycles. The van der Waals surface area contributed by atoms with Crippen molar-refractivity contribution >= 4 is 12.2 Å². The molecule has 0 amide bonds. The Balaban J connectivity index is 1.92. The summed E-state index contributed by atoms with van der Waals surface area (Å²) in [7, 11) is 5.80. The van der Waals surface area contributed by atoms with Crippen LogP contribution < -0.4 is 0 Å². The molecule has 0 radical (unpaired) electrons. The molecule has 0 spiro atoms. The lowest BCUT2D eigenvalue weighted by Gasteiger charge is -2.30. The molecule has 3 rings (SSSR count). The van der Waals surface area contributed by atoms with Crippen molar-refractivity contribution in [2.75, 3.05) is 34.3 Å². The number of aromatic nitrogens is 3. The van der Waals surface area contributed by atoms with Crippen molar-refractivity contribution in [3.63, 3.8) is 0 Å². The zero-order valence-electron chi connectivity index (χ0n) is 16.4. The van der Waals surface area contributed by atoms with Crippen molar-refractivity contribution in [1.82, 2.24) is 24.1 Å². The number of hydrogen-bond donors (Lipinski definition) is 0. The predicted octanol–water partition coefficient (Wildman–Crippen LogP) is 3.23. The van der Waals surface area contributed by atoms with Crippen LogP contribution in [0.5, 0.6) is 0 Å². The lowest BCUT2D eigenvalue weighted by atomic mass is 10.1. The number of hydrogen-bond acceptors (Lipinski definition) is 5. The number of piperidine rings is 1. The molecular weight excluding hydrogens is 365 g/mol.